The fourth-order valence-corrected chi connectivity index (χ4v) is 2.94. The minimum Gasteiger partial charge on any atom is -0.339 e. The molecule has 1 amide bonds. The molecule has 8 heteroatoms. The molecule has 2 aromatic carbocycles. The molecule has 0 aliphatic carbocycles. The van der Waals surface area contributed by atoms with Crippen molar-refractivity contribution in [3.05, 3.63) is 71.1 Å². The third-order valence-electron chi connectivity index (χ3n) is 4.02. The summed E-state index contributed by atoms with van der Waals surface area (Å²) in [6.07, 6.45) is 3.21. The highest BCUT2D eigenvalue weighted by atomic mass is 79.9. The van der Waals surface area contributed by atoms with Gasteiger partial charge in [0.05, 0.1) is 11.6 Å². The van der Waals surface area contributed by atoms with Gasteiger partial charge in [0.25, 0.3) is 5.91 Å². The molecule has 2 heterocycles. The topological polar surface area (TPSA) is 84.7 Å². The van der Waals surface area contributed by atoms with Crippen molar-refractivity contribution >= 4 is 50.1 Å². The van der Waals surface area contributed by atoms with Crippen molar-refractivity contribution in [3.8, 4) is 0 Å². The van der Waals surface area contributed by atoms with Crippen LogP contribution in [0, 0.1) is 0 Å². The number of hydrogen-bond donors (Lipinski definition) is 2. The Kier molecular flexibility index (Phi) is 4.55. The maximum absolute atomic E-state index is 12.4. The van der Waals surface area contributed by atoms with E-state index in [2.05, 4.69) is 41.6 Å². The molecule has 0 radical (unpaired) electrons. The smallest absolute Gasteiger partial charge is 0.255 e. The maximum atomic E-state index is 12.4. The van der Waals surface area contributed by atoms with Crippen LogP contribution >= 0.6 is 15.9 Å². The van der Waals surface area contributed by atoms with Gasteiger partial charge in [-0.3, -0.25) is 9.48 Å². The van der Waals surface area contributed by atoms with Crippen molar-refractivity contribution in [3.63, 3.8) is 0 Å². The number of aromatic nitrogens is 4. The van der Waals surface area contributed by atoms with Crippen LogP contribution in [0.2, 0.25) is 0 Å². The van der Waals surface area contributed by atoms with Crippen LogP contribution in [0.15, 0.2) is 65.5 Å². The van der Waals surface area contributed by atoms with Crippen LogP contribution in [0.25, 0.3) is 11.0 Å². The van der Waals surface area contributed by atoms with E-state index in [0.29, 0.717) is 17.1 Å². The number of aryl methyl sites for hydroxylation is 1. The quantitative estimate of drug-likeness (QED) is 0.516. The summed E-state index contributed by atoms with van der Waals surface area (Å²) >= 11 is 3.36. The third kappa shape index (κ3) is 3.65. The van der Waals surface area contributed by atoms with Crippen LogP contribution in [-0.2, 0) is 7.05 Å². The van der Waals surface area contributed by atoms with Crippen LogP contribution in [0.4, 0.5) is 17.2 Å². The highest BCUT2D eigenvalue weighted by molar-refractivity contribution is 9.10. The fraction of sp³-hybridized carbons (Fsp3) is 0.0526. The molecule has 0 saturated heterocycles. The van der Waals surface area contributed by atoms with Crippen molar-refractivity contribution in [2.45, 2.75) is 0 Å². The Morgan fingerprint density at radius 1 is 1.07 bits per heavy atom. The summed E-state index contributed by atoms with van der Waals surface area (Å²) in [5, 5.41) is 11.2. The molecule has 0 fully saturated rings. The SMILES string of the molecule is Cn1ncc2c(Nc3cccc(NC(=O)c4ccc(Br)cc4)c3)ncnc21. The maximum Gasteiger partial charge on any atom is 0.255 e. The zero-order valence-corrected chi connectivity index (χ0v) is 15.9. The van der Waals surface area contributed by atoms with Gasteiger partial charge in [-0.2, -0.15) is 5.10 Å². The van der Waals surface area contributed by atoms with Gasteiger partial charge in [0.15, 0.2) is 5.65 Å². The molecule has 2 aromatic heterocycles. The Bertz CT molecular complexity index is 1120. The molecular formula is C19H15BrN6O. The summed E-state index contributed by atoms with van der Waals surface area (Å²) in [6.45, 7) is 0. The number of rotatable bonds is 4. The molecule has 0 unspecified atom stereocenters. The fourth-order valence-electron chi connectivity index (χ4n) is 2.68. The lowest BCUT2D eigenvalue weighted by Crippen LogP contribution is -2.11. The Morgan fingerprint density at radius 2 is 1.85 bits per heavy atom. The lowest BCUT2D eigenvalue weighted by atomic mass is 10.2. The monoisotopic (exact) mass is 422 g/mol. The van der Waals surface area contributed by atoms with Crippen molar-refractivity contribution in [2.24, 2.45) is 7.05 Å². The summed E-state index contributed by atoms with van der Waals surface area (Å²) in [7, 11) is 1.83. The van der Waals surface area contributed by atoms with Crippen LogP contribution in [0.3, 0.4) is 0 Å². The predicted molar refractivity (Wildman–Crippen MR) is 108 cm³/mol. The van der Waals surface area contributed by atoms with Crippen molar-refractivity contribution in [2.75, 3.05) is 10.6 Å². The van der Waals surface area contributed by atoms with Gasteiger partial charge in [0, 0.05) is 28.5 Å². The van der Waals surface area contributed by atoms with Gasteiger partial charge < -0.3 is 10.6 Å². The molecule has 0 spiro atoms. The van der Waals surface area contributed by atoms with Crippen LogP contribution in [-0.4, -0.2) is 25.7 Å². The number of halogens is 1. The summed E-state index contributed by atoms with van der Waals surface area (Å²) in [4.78, 5) is 20.9. The minimum atomic E-state index is -0.170. The Hall–Kier alpha value is -3.26. The molecule has 4 rings (SSSR count). The van der Waals surface area contributed by atoms with E-state index in [4.69, 9.17) is 0 Å². The lowest BCUT2D eigenvalue weighted by molar-refractivity contribution is 0.102. The molecule has 0 bridgehead atoms. The van der Waals surface area contributed by atoms with Gasteiger partial charge >= 0.3 is 0 Å². The molecule has 134 valence electrons. The summed E-state index contributed by atoms with van der Waals surface area (Å²) in [5.74, 6) is 0.487. The molecule has 0 atom stereocenters. The van der Waals surface area contributed by atoms with Gasteiger partial charge in [-0.15, -0.1) is 0 Å². The number of anilines is 3. The number of carbonyl (C=O) groups is 1. The second kappa shape index (κ2) is 7.16. The first kappa shape index (κ1) is 17.2. The molecule has 2 N–H and O–H groups in total. The van der Waals surface area contributed by atoms with E-state index in [0.717, 1.165) is 21.2 Å². The first-order valence-corrected chi connectivity index (χ1v) is 8.96. The molecule has 0 aliphatic rings. The Morgan fingerprint density at radius 3 is 2.67 bits per heavy atom. The molecular weight excluding hydrogens is 408 g/mol. The molecule has 0 aliphatic heterocycles. The number of benzene rings is 2. The summed E-state index contributed by atoms with van der Waals surface area (Å²) in [6, 6.07) is 14.6. The van der Waals surface area contributed by atoms with Crippen molar-refractivity contribution < 1.29 is 4.79 Å². The normalized spacial score (nSPS) is 10.7. The molecule has 4 aromatic rings. The second-order valence-electron chi connectivity index (χ2n) is 5.89. The third-order valence-corrected chi connectivity index (χ3v) is 4.55. The van der Waals surface area contributed by atoms with Crippen LogP contribution < -0.4 is 10.6 Å². The van der Waals surface area contributed by atoms with Crippen molar-refractivity contribution in [1.29, 1.82) is 0 Å². The van der Waals surface area contributed by atoms with E-state index in [9.17, 15) is 4.79 Å². The van der Waals surface area contributed by atoms with Gasteiger partial charge in [-0.05, 0) is 42.5 Å². The predicted octanol–water partition coefficient (Wildman–Crippen LogP) is 4.12. The Balaban J connectivity index is 1.55. The lowest BCUT2D eigenvalue weighted by Gasteiger charge is -2.10. The van der Waals surface area contributed by atoms with E-state index in [1.165, 1.54) is 6.33 Å². The number of amides is 1. The first-order valence-electron chi connectivity index (χ1n) is 8.17. The van der Waals surface area contributed by atoms with E-state index < -0.39 is 0 Å². The highest BCUT2D eigenvalue weighted by Gasteiger charge is 2.09. The van der Waals surface area contributed by atoms with Gasteiger partial charge in [-0.1, -0.05) is 22.0 Å². The van der Waals surface area contributed by atoms with E-state index in [1.807, 2.05) is 43.4 Å². The van der Waals surface area contributed by atoms with Gasteiger partial charge in [0.2, 0.25) is 0 Å². The highest BCUT2D eigenvalue weighted by Crippen LogP contribution is 2.24. The minimum absolute atomic E-state index is 0.170. The average molecular weight is 423 g/mol. The first-order chi connectivity index (χ1) is 13.1. The molecule has 0 saturated carbocycles. The van der Waals surface area contributed by atoms with E-state index in [-0.39, 0.29) is 5.91 Å². The van der Waals surface area contributed by atoms with Crippen LogP contribution in [0.5, 0.6) is 0 Å². The van der Waals surface area contributed by atoms with Crippen LogP contribution in [0.1, 0.15) is 10.4 Å². The summed E-state index contributed by atoms with van der Waals surface area (Å²) in [5.41, 5.74) is 2.81. The molecule has 7 nitrogen and oxygen atoms in total. The molecule has 27 heavy (non-hydrogen) atoms. The zero-order valence-electron chi connectivity index (χ0n) is 14.3. The van der Waals surface area contributed by atoms with E-state index >= 15 is 0 Å². The zero-order chi connectivity index (χ0) is 18.8. The van der Waals surface area contributed by atoms with Crippen molar-refractivity contribution in [1.82, 2.24) is 19.7 Å². The Labute approximate surface area is 163 Å². The van der Waals surface area contributed by atoms with Gasteiger partial charge in [-0.25, -0.2) is 9.97 Å². The van der Waals surface area contributed by atoms with E-state index in [1.54, 1.807) is 23.0 Å². The second-order valence-corrected chi connectivity index (χ2v) is 6.81. The number of hydrogen-bond acceptors (Lipinski definition) is 5. The number of fused-ring (bicyclic) bond motifs is 1. The number of nitrogens with one attached hydrogen (secondary N) is 2. The van der Waals surface area contributed by atoms with Gasteiger partial charge in [0.1, 0.15) is 12.1 Å². The average Bonchev–Trinajstić information content (AvgIpc) is 3.05. The summed E-state index contributed by atoms with van der Waals surface area (Å²) < 4.78 is 2.62. The largest absolute Gasteiger partial charge is 0.339 e. The number of nitrogens with zero attached hydrogens (tertiary/aromatic N) is 4. The number of carbonyl (C=O) groups excluding carboxylic acids is 1. The standard InChI is InChI=1S/C19H15BrN6O/c1-26-18-16(10-23-26)17(21-11-22-18)24-14-3-2-4-15(9-14)25-19(27)12-5-7-13(20)8-6-12/h2-11H,1H3,(H,25,27)(H,21,22,24).